The first-order valence-electron chi connectivity index (χ1n) is 10.1. The van der Waals surface area contributed by atoms with Crippen LogP contribution in [0.1, 0.15) is 37.5 Å². The van der Waals surface area contributed by atoms with Crippen LogP contribution in [-0.4, -0.2) is 30.0 Å². The van der Waals surface area contributed by atoms with E-state index in [-0.39, 0.29) is 12.9 Å². The van der Waals surface area contributed by atoms with Crippen LogP contribution in [0.2, 0.25) is 0 Å². The van der Waals surface area contributed by atoms with Crippen molar-refractivity contribution in [2.45, 2.75) is 27.2 Å². The standard InChI is InChI=1S/C26H27IO5/c1-26(2,3)19-18-20(22(29)24(31)23(30)21(18)28)27(4,25(19)32)17-12-10-16(11-13-17)14-15-8-6-5-7-9-15/h5-13,28-32H,4,14H2,1-3H3. The van der Waals surface area contributed by atoms with Gasteiger partial charge in [0, 0.05) is 0 Å². The third-order valence-electron chi connectivity index (χ3n) is 5.71. The van der Waals surface area contributed by atoms with Crippen molar-refractivity contribution >= 4 is 28.0 Å². The number of halogens is 1. The van der Waals surface area contributed by atoms with Crippen molar-refractivity contribution in [2.24, 2.45) is 5.41 Å². The maximum absolute atomic E-state index is 11.5. The Balaban J connectivity index is 1.91. The first-order valence-corrected chi connectivity index (χ1v) is 14.9. The van der Waals surface area contributed by atoms with Crippen molar-refractivity contribution in [3.8, 4) is 23.0 Å². The second-order valence-electron chi connectivity index (χ2n) is 8.97. The Morgan fingerprint density at radius 3 is 1.81 bits per heavy atom. The van der Waals surface area contributed by atoms with Gasteiger partial charge in [-0.3, -0.25) is 0 Å². The number of hydrogen-bond donors (Lipinski definition) is 5. The average Bonchev–Trinajstić information content (AvgIpc) is 3.00. The van der Waals surface area contributed by atoms with Crippen molar-refractivity contribution in [3.05, 3.63) is 82.2 Å². The molecule has 0 spiro atoms. The van der Waals surface area contributed by atoms with Crippen LogP contribution in [0.25, 0.3) is 5.57 Å². The van der Waals surface area contributed by atoms with E-state index in [0.29, 0.717) is 5.57 Å². The average molecular weight is 546 g/mol. The molecule has 6 heteroatoms. The van der Waals surface area contributed by atoms with Crippen molar-refractivity contribution in [1.82, 2.24) is 0 Å². The van der Waals surface area contributed by atoms with Gasteiger partial charge in [-0.25, -0.2) is 0 Å². The van der Waals surface area contributed by atoms with Crippen molar-refractivity contribution in [3.63, 3.8) is 0 Å². The first kappa shape index (κ1) is 22.2. The summed E-state index contributed by atoms with van der Waals surface area (Å²) in [6, 6.07) is 17.8. The number of aliphatic hydroxyl groups is 1. The van der Waals surface area contributed by atoms with E-state index in [0.717, 1.165) is 15.6 Å². The summed E-state index contributed by atoms with van der Waals surface area (Å²) in [6.45, 7) is 5.62. The molecule has 5 nitrogen and oxygen atoms in total. The molecule has 0 fully saturated rings. The SMILES string of the molecule is C=I1(c2ccc(Cc3ccccc3)cc2)C(O)=C(C(C)(C)C)c2c(O)c(O)c(O)c(O)c21. The van der Waals surface area contributed by atoms with E-state index in [1.54, 1.807) is 0 Å². The summed E-state index contributed by atoms with van der Waals surface area (Å²) in [6.07, 6.45) is 0.754. The fourth-order valence-corrected chi connectivity index (χ4v) is 12.0. The number of allylic oxidation sites excluding steroid dienone is 1. The van der Waals surface area contributed by atoms with Gasteiger partial charge in [-0.15, -0.1) is 0 Å². The zero-order chi connectivity index (χ0) is 23.4. The molecule has 4 rings (SSSR count). The molecule has 32 heavy (non-hydrogen) atoms. The Morgan fingerprint density at radius 2 is 1.25 bits per heavy atom. The van der Waals surface area contributed by atoms with Crippen LogP contribution in [0.15, 0.2) is 58.4 Å². The topological polar surface area (TPSA) is 101 Å². The van der Waals surface area contributed by atoms with E-state index >= 15 is 0 Å². The summed E-state index contributed by atoms with van der Waals surface area (Å²) in [7, 11) is 0. The summed E-state index contributed by atoms with van der Waals surface area (Å²) in [5.74, 6) is -2.71. The second-order valence-corrected chi connectivity index (χ2v) is 16.2. The molecule has 0 aliphatic carbocycles. The summed E-state index contributed by atoms with van der Waals surface area (Å²) >= 11 is -3.97. The van der Waals surface area contributed by atoms with Crippen molar-refractivity contribution < 1.29 is 25.5 Å². The molecule has 0 saturated heterocycles. The predicted molar refractivity (Wildman–Crippen MR) is 136 cm³/mol. The van der Waals surface area contributed by atoms with Crippen LogP contribution in [0.4, 0.5) is 0 Å². The summed E-state index contributed by atoms with van der Waals surface area (Å²) in [5.41, 5.74) is 2.25. The van der Waals surface area contributed by atoms with Gasteiger partial charge in [0.25, 0.3) is 0 Å². The van der Waals surface area contributed by atoms with E-state index in [1.165, 1.54) is 5.56 Å². The molecular formula is C26H27IO5. The Labute approximate surface area is 190 Å². The van der Waals surface area contributed by atoms with Crippen LogP contribution >= 0.6 is 18.0 Å². The van der Waals surface area contributed by atoms with Crippen molar-refractivity contribution in [1.29, 1.82) is 0 Å². The van der Waals surface area contributed by atoms with Crippen LogP contribution in [0.3, 0.4) is 0 Å². The fraction of sp³-hybridized carbons (Fsp3) is 0.192. The van der Waals surface area contributed by atoms with E-state index in [2.05, 4.69) is 16.6 Å². The van der Waals surface area contributed by atoms with Crippen LogP contribution in [0.5, 0.6) is 23.0 Å². The van der Waals surface area contributed by atoms with E-state index in [9.17, 15) is 25.5 Å². The number of aliphatic hydroxyl groups excluding tert-OH is 1. The molecule has 1 aliphatic heterocycles. The molecule has 0 radical (unpaired) electrons. The monoisotopic (exact) mass is 546 g/mol. The number of aromatic hydroxyl groups is 4. The molecule has 1 atom stereocenters. The van der Waals surface area contributed by atoms with Gasteiger partial charge in [0.2, 0.25) is 0 Å². The molecule has 1 unspecified atom stereocenters. The van der Waals surface area contributed by atoms with Gasteiger partial charge in [-0.05, 0) is 0 Å². The van der Waals surface area contributed by atoms with Gasteiger partial charge < -0.3 is 0 Å². The quantitative estimate of drug-likeness (QED) is 0.160. The number of rotatable bonds is 3. The van der Waals surface area contributed by atoms with Gasteiger partial charge in [0.15, 0.2) is 0 Å². The zero-order valence-electron chi connectivity index (χ0n) is 18.2. The molecular weight excluding hydrogens is 519 g/mol. The van der Waals surface area contributed by atoms with Crippen LogP contribution in [-0.2, 0) is 6.42 Å². The van der Waals surface area contributed by atoms with E-state index in [1.807, 2.05) is 63.2 Å². The van der Waals surface area contributed by atoms with Gasteiger partial charge in [-0.2, -0.15) is 0 Å². The minimum atomic E-state index is -3.97. The number of fused-ring (bicyclic) bond motifs is 1. The van der Waals surface area contributed by atoms with Gasteiger partial charge in [-0.1, -0.05) is 0 Å². The summed E-state index contributed by atoms with van der Waals surface area (Å²) in [4.78, 5) is 0. The molecule has 5 N–H and O–H groups in total. The van der Waals surface area contributed by atoms with Gasteiger partial charge in [0.1, 0.15) is 0 Å². The fourth-order valence-electron chi connectivity index (χ4n) is 4.11. The second kappa shape index (κ2) is 7.55. The van der Waals surface area contributed by atoms with Gasteiger partial charge in [0.05, 0.1) is 0 Å². The molecule has 1 aliphatic rings. The molecule has 0 amide bonds. The molecule has 0 aromatic heterocycles. The third-order valence-corrected chi connectivity index (χ3v) is 13.7. The third kappa shape index (κ3) is 3.24. The Bertz CT molecular complexity index is 1280. The minimum absolute atomic E-state index is 0.0332. The summed E-state index contributed by atoms with van der Waals surface area (Å²) < 4.78 is 5.45. The molecule has 1 heterocycles. The molecule has 3 aromatic rings. The molecule has 168 valence electrons. The first-order chi connectivity index (χ1) is 15.0. The molecule has 3 aromatic carbocycles. The molecule has 0 saturated carbocycles. The van der Waals surface area contributed by atoms with Gasteiger partial charge >= 0.3 is 191 Å². The van der Waals surface area contributed by atoms with Crippen molar-refractivity contribution in [2.75, 3.05) is 0 Å². The number of phenolic OH excluding ortho intramolecular Hbond substituents is 4. The zero-order valence-corrected chi connectivity index (χ0v) is 20.4. The number of hydrogen-bond acceptors (Lipinski definition) is 5. The normalized spacial score (nSPS) is 20.1. The molecule has 0 bridgehead atoms. The van der Waals surface area contributed by atoms with Crippen LogP contribution in [0, 0.1) is 12.6 Å². The maximum atomic E-state index is 11.5. The predicted octanol–water partition coefficient (Wildman–Crippen LogP) is 5.90. The van der Waals surface area contributed by atoms with Crippen LogP contribution < -0.4 is 0 Å². The number of phenols is 4. The Hall–Kier alpha value is -3.00. The van der Waals surface area contributed by atoms with E-state index < -0.39 is 46.4 Å². The Morgan fingerprint density at radius 1 is 0.719 bits per heavy atom. The Kier molecular flexibility index (Phi) is 5.24. The summed E-state index contributed by atoms with van der Waals surface area (Å²) in [5, 5.41) is 53.4. The number of benzene rings is 3. The van der Waals surface area contributed by atoms with E-state index in [4.69, 9.17) is 0 Å².